The van der Waals surface area contributed by atoms with E-state index in [-0.39, 0.29) is 17.8 Å². The van der Waals surface area contributed by atoms with Gasteiger partial charge in [-0.15, -0.1) is 0 Å². The Morgan fingerprint density at radius 1 is 1.09 bits per heavy atom. The second-order valence-electron chi connectivity index (χ2n) is 8.03. The summed E-state index contributed by atoms with van der Waals surface area (Å²) in [4.78, 5) is 17.4. The molecule has 1 aliphatic heterocycles. The fourth-order valence-electron chi connectivity index (χ4n) is 4.25. The molecule has 5 rings (SSSR count). The lowest BCUT2D eigenvalue weighted by Crippen LogP contribution is -2.29. The highest BCUT2D eigenvalue weighted by atomic mass is 32.1. The fraction of sp³-hybridized carbons (Fsp3) is 0.154. The molecule has 2 atom stereocenters. The zero-order chi connectivity index (χ0) is 23.7. The third-order valence-electron chi connectivity index (χ3n) is 5.98. The van der Waals surface area contributed by atoms with Gasteiger partial charge in [0.2, 0.25) is 0 Å². The normalized spacial score (nSPS) is 17.6. The Bertz CT molecular complexity index is 1340. The number of benzene rings is 2. The Morgan fingerprint density at radius 3 is 2.62 bits per heavy atom. The molecule has 2 aromatic heterocycles. The number of non-ortho nitro benzene ring substituents is 1. The molecule has 0 amide bonds. The van der Waals surface area contributed by atoms with Gasteiger partial charge in [0.15, 0.2) is 5.11 Å². The average molecular weight is 471 g/mol. The summed E-state index contributed by atoms with van der Waals surface area (Å²) in [5, 5.41) is 15.2. The largest absolute Gasteiger partial charge is 0.459 e. The molecule has 1 fully saturated rings. The minimum atomic E-state index is -0.411. The van der Waals surface area contributed by atoms with Crippen molar-refractivity contribution in [3.05, 3.63) is 112 Å². The van der Waals surface area contributed by atoms with E-state index in [4.69, 9.17) is 16.6 Å². The molecule has 1 aliphatic rings. The number of nitrogens with zero attached hydrogens (tertiary/aromatic N) is 3. The lowest BCUT2D eigenvalue weighted by molar-refractivity contribution is -0.384. The summed E-state index contributed by atoms with van der Waals surface area (Å²) in [6.45, 7) is 2.12. The van der Waals surface area contributed by atoms with Gasteiger partial charge in [-0.3, -0.25) is 15.1 Å². The van der Waals surface area contributed by atoms with Crippen molar-refractivity contribution in [2.45, 2.75) is 25.4 Å². The number of nitrogens with one attached hydrogen (secondary N) is 1. The number of furan rings is 1. The molecule has 1 saturated heterocycles. The molecule has 34 heavy (non-hydrogen) atoms. The van der Waals surface area contributed by atoms with Gasteiger partial charge in [0.1, 0.15) is 17.6 Å². The van der Waals surface area contributed by atoms with Crippen LogP contribution in [0.5, 0.6) is 0 Å². The van der Waals surface area contributed by atoms with Crippen LogP contribution in [0.15, 0.2) is 89.5 Å². The van der Waals surface area contributed by atoms with Crippen LogP contribution in [0.3, 0.4) is 0 Å². The summed E-state index contributed by atoms with van der Waals surface area (Å²) in [7, 11) is 0. The lowest BCUT2D eigenvalue weighted by Gasteiger charge is -2.26. The molecule has 7 nitrogen and oxygen atoms in total. The number of pyridine rings is 1. The first-order chi connectivity index (χ1) is 16.5. The van der Waals surface area contributed by atoms with Crippen molar-refractivity contribution in [2.24, 2.45) is 0 Å². The lowest BCUT2D eigenvalue weighted by atomic mass is 10.0. The number of aryl methyl sites for hydroxylation is 1. The molecule has 0 bridgehead atoms. The van der Waals surface area contributed by atoms with Gasteiger partial charge < -0.3 is 14.6 Å². The first-order valence-corrected chi connectivity index (χ1v) is 11.4. The fourth-order valence-corrected chi connectivity index (χ4v) is 4.60. The number of thiocarbonyl (C=S) groups is 1. The smallest absolute Gasteiger partial charge is 0.270 e. The van der Waals surface area contributed by atoms with Crippen LogP contribution in [0.2, 0.25) is 0 Å². The maximum Gasteiger partial charge on any atom is 0.270 e. The minimum Gasteiger partial charge on any atom is -0.459 e. The highest BCUT2D eigenvalue weighted by molar-refractivity contribution is 7.80. The molecule has 0 saturated carbocycles. The van der Waals surface area contributed by atoms with Gasteiger partial charge in [-0.25, -0.2) is 0 Å². The van der Waals surface area contributed by atoms with E-state index in [0.717, 1.165) is 17.8 Å². The SMILES string of the molecule is CCc1ccc(N2C(=S)NC(c3ccccn3)C2c2ccc(-c3cccc([N+](=O)[O-])c3)o2)cc1. The number of nitro benzene ring substituents is 1. The van der Waals surface area contributed by atoms with Crippen LogP contribution < -0.4 is 10.2 Å². The Hall–Kier alpha value is -4.04. The van der Waals surface area contributed by atoms with E-state index in [1.54, 1.807) is 18.3 Å². The zero-order valence-corrected chi connectivity index (χ0v) is 19.2. The molecular weight excluding hydrogens is 448 g/mol. The molecule has 8 heteroatoms. The molecule has 3 heterocycles. The van der Waals surface area contributed by atoms with Crippen LogP contribution >= 0.6 is 12.2 Å². The molecule has 0 radical (unpaired) electrons. The number of aromatic nitrogens is 1. The number of anilines is 1. The highest BCUT2D eigenvalue weighted by Gasteiger charge is 2.42. The maximum atomic E-state index is 11.2. The van der Waals surface area contributed by atoms with Gasteiger partial charge >= 0.3 is 0 Å². The van der Waals surface area contributed by atoms with Gasteiger partial charge in [-0.05, 0) is 60.6 Å². The van der Waals surface area contributed by atoms with Gasteiger partial charge in [0, 0.05) is 29.6 Å². The molecule has 0 aliphatic carbocycles. The van der Waals surface area contributed by atoms with E-state index in [0.29, 0.717) is 22.2 Å². The number of hydrogen-bond acceptors (Lipinski definition) is 5. The van der Waals surface area contributed by atoms with Crippen molar-refractivity contribution < 1.29 is 9.34 Å². The predicted octanol–water partition coefficient (Wildman–Crippen LogP) is 5.99. The molecule has 170 valence electrons. The third-order valence-corrected chi connectivity index (χ3v) is 6.30. The van der Waals surface area contributed by atoms with Crippen LogP contribution in [-0.2, 0) is 6.42 Å². The van der Waals surface area contributed by atoms with Crippen LogP contribution in [0, 0.1) is 10.1 Å². The van der Waals surface area contributed by atoms with E-state index in [1.165, 1.54) is 17.7 Å². The van der Waals surface area contributed by atoms with Crippen LogP contribution in [0.1, 0.15) is 36.0 Å². The Kier molecular flexibility index (Phi) is 5.81. The molecule has 0 spiro atoms. The van der Waals surface area contributed by atoms with E-state index in [1.807, 2.05) is 35.2 Å². The molecule has 2 aromatic carbocycles. The van der Waals surface area contributed by atoms with Crippen molar-refractivity contribution in [1.82, 2.24) is 10.3 Å². The summed E-state index contributed by atoms with van der Waals surface area (Å²) < 4.78 is 6.29. The Labute approximate surface area is 202 Å². The molecule has 4 aromatic rings. The minimum absolute atomic E-state index is 0.0168. The Balaban J connectivity index is 1.58. The standard InChI is InChI=1S/C26H22N4O3S/c1-2-17-9-11-19(12-10-17)29-25(24(28-26(29)34)21-8-3-4-15-27-21)23-14-13-22(33-23)18-6-5-7-20(16-18)30(31)32/h3-16,24-25H,2H2,1H3,(H,28,34). The van der Waals surface area contributed by atoms with Gasteiger partial charge in [0.25, 0.3) is 5.69 Å². The first kappa shape index (κ1) is 21.8. The monoisotopic (exact) mass is 470 g/mol. The van der Waals surface area contributed by atoms with Crippen molar-refractivity contribution in [3.63, 3.8) is 0 Å². The van der Waals surface area contributed by atoms with Crippen molar-refractivity contribution in [2.75, 3.05) is 4.90 Å². The summed E-state index contributed by atoms with van der Waals surface area (Å²) in [6.07, 6.45) is 2.71. The summed E-state index contributed by atoms with van der Waals surface area (Å²) in [5.41, 5.74) is 3.69. The van der Waals surface area contributed by atoms with E-state index in [2.05, 4.69) is 41.5 Å². The van der Waals surface area contributed by atoms with E-state index in [9.17, 15) is 10.1 Å². The predicted molar refractivity (Wildman–Crippen MR) is 135 cm³/mol. The quantitative estimate of drug-likeness (QED) is 0.210. The molecule has 1 N–H and O–H groups in total. The third kappa shape index (κ3) is 4.04. The van der Waals surface area contributed by atoms with Gasteiger partial charge in [0.05, 0.1) is 16.7 Å². The average Bonchev–Trinajstić information content (AvgIpc) is 3.49. The number of hydrogen-bond donors (Lipinski definition) is 1. The summed E-state index contributed by atoms with van der Waals surface area (Å²) in [5.74, 6) is 1.24. The number of nitro groups is 1. The van der Waals surface area contributed by atoms with E-state index >= 15 is 0 Å². The van der Waals surface area contributed by atoms with Gasteiger partial charge in [-0.1, -0.05) is 37.3 Å². The Morgan fingerprint density at radius 2 is 1.91 bits per heavy atom. The van der Waals surface area contributed by atoms with Crippen molar-refractivity contribution in [3.8, 4) is 11.3 Å². The zero-order valence-electron chi connectivity index (χ0n) is 18.4. The summed E-state index contributed by atoms with van der Waals surface area (Å²) in [6, 6.07) is 23.7. The van der Waals surface area contributed by atoms with Crippen LogP contribution in [0.25, 0.3) is 11.3 Å². The number of rotatable bonds is 6. The van der Waals surface area contributed by atoms with Crippen molar-refractivity contribution >= 4 is 28.7 Å². The molecular formula is C26H22N4O3S. The van der Waals surface area contributed by atoms with Crippen LogP contribution in [-0.4, -0.2) is 15.0 Å². The molecule has 2 unspecified atom stereocenters. The van der Waals surface area contributed by atoms with Gasteiger partial charge in [-0.2, -0.15) is 0 Å². The maximum absolute atomic E-state index is 11.2. The van der Waals surface area contributed by atoms with Crippen molar-refractivity contribution in [1.29, 1.82) is 0 Å². The topological polar surface area (TPSA) is 84.4 Å². The first-order valence-electron chi connectivity index (χ1n) is 11.0. The van der Waals surface area contributed by atoms with E-state index < -0.39 is 4.92 Å². The second-order valence-corrected chi connectivity index (χ2v) is 8.41. The second kappa shape index (κ2) is 9.07. The summed E-state index contributed by atoms with van der Waals surface area (Å²) >= 11 is 5.75. The highest BCUT2D eigenvalue weighted by Crippen LogP contribution is 2.43. The van der Waals surface area contributed by atoms with Crippen LogP contribution in [0.4, 0.5) is 11.4 Å².